The SMILES string of the molecule is Cc1ccc(Cl)cc1C1CCC=c2c1ccc1c2=CCc2ccccc2-1.c1ccncc1. The Labute approximate surface area is 194 Å². The highest BCUT2D eigenvalue weighted by molar-refractivity contribution is 6.30. The zero-order valence-corrected chi connectivity index (χ0v) is 19.0. The Morgan fingerprint density at radius 2 is 1.62 bits per heavy atom. The second-order valence-corrected chi connectivity index (χ2v) is 8.89. The summed E-state index contributed by atoms with van der Waals surface area (Å²) >= 11 is 6.32. The lowest BCUT2D eigenvalue weighted by Gasteiger charge is -2.26. The lowest BCUT2D eigenvalue weighted by Crippen LogP contribution is -2.35. The van der Waals surface area contributed by atoms with Crippen molar-refractivity contribution in [3.05, 3.63) is 123 Å². The minimum atomic E-state index is 0.435. The summed E-state index contributed by atoms with van der Waals surface area (Å²) in [5.41, 5.74) is 8.36. The highest BCUT2D eigenvalue weighted by Gasteiger charge is 2.22. The maximum atomic E-state index is 6.32. The van der Waals surface area contributed by atoms with Crippen molar-refractivity contribution in [1.82, 2.24) is 4.98 Å². The van der Waals surface area contributed by atoms with Gasteiger partial charge >= 0.3 is 0 Å². The van der Waals surface area contributed by atoms with Crippen molar-refractivity contribution in [3.63, 3.8) is 0 Å². The van der Waals surface area contributed by atoms with Gasteiger partial charge in [-0.3, -0.25) is 4.98 Å². The number of pyridine rings is 1. The molecular weight excluding hydrogens is 410 g/mol. The van der Waals surface area contributed by atoms with Crippen LogP contribution in [0.5, 0.6) is 0 Å². The molecule has 3 aromatic carbocycles. The number of hydrogen-bond acceptors (Lipinski definition) is 1. The number of aromatic nitrogens is 1. The van der Waals surface area contributed by atoms with E-state index in [2.05, 4.69) is 72.6 Å². The Morgan fingerprint density at radius 1 is 0.781 bits per heavy atom. The lowest BCUT2D eigenvalue weighted by atomic mass is 9.79. The molecule has 1 unspecified atom stereocenters. The molecule has 1 heterocycles. The minimum absolute atomic E-state index is 0.435. The third-order valence-electron chi connectivity index (χ3n) is 6.52. The molecule has 32 heavy (non-hydrogen) atoms. The van der Waals surface area contributed by atoms with Gasteiger partial charge in [-0.2, -0.15) is 0 Å². The Balaban J connectivity index is 0.000000314. The van der Waals surface area contributed by atoms with Crippen LogP contribution >= 0.6 is 11.6 Å². The van der Waals surface area contributed by atoms with Crippen molar-refractivity contribution in [2.75, 3.05) is 0 Å². The average molecular weight is 436 g/mol. The Kier molecular flexibility index (Phi) is 5.92. The number of rotatable bonds is 1. The monoisotopic (exact) mass is 435 g/mol. The van der Waals surface area contributed by atoms with Crippen molar-refractivity contribution >= 4 is 23.8 Å². The van der Waals surface area contributed by atoms with Gasteiger partial charge in [-0.1, -0.05) is 72.3 Å². The molecule has 1 nitrogen and oxygen atoms in total. The van der Waals surface area contributed by atoms with E-state index in [0.29, 0.717) is 5.92 Å². The van der Waals surface area contributed by atoms with Gasteiger partial charge in [-0.05, 0) is 94.3 Å². The first kappa shape index (κ1) is 20.7. The molecular formula is C30H26ClN. The number of hydrogen-bond donors (Lipinski definition) is 0. The third kappa shape index (κ3) is 4.01. The summed E-state index contributed by atoms with van der Waals surface area (Å²) in [6, 6.07) is 25.5. The van der Waals surface area contributed by atoms with Crippen LogP contribution in [0.3, 0.4) is 0 Å². The molecule has 2 aliphatic carbocycles. The number of fused-ring (bicyclic) bond motifs is 5. The predicted octanol–water partition coefficient (Wildman–Crippen LogP) is 6.44. The van der Waals surface area contributed by atoms with Crippen LogP contribution in [0.25, 0.3) is 23.3 Å². The number of nitrogens with zero attached hydrogens (tertiary/aromatic N) is 1. The molecule has 0 amide bonds. The van der Waals surface area contributed by atoms with Crippen LogP contribution < -0.4 is 10.4 Å². The molecule has 2 heteroatoms. The predicted molar refractivity (Wildman–Crippen MR) is 135 cm³/mol. The van der Waals surface area contributed by atoms with Crippen molar-refractivity contribution in [3.8, 4) is 11.1 Å². The van der Waals surface area contributed by atoms with Gasteiger partial charge in [0.15, 0.2) is 0 Å². The molecule has 1 atom stereocenters. The summed E-state index contributed by atoms with van der Waals surface area (Å²) in [7, 11) is 0. The summed E-state index contributed by atoms with van der Waals surface area (Å²) in [6.45, 7) is 2.20. The summed E-state index contributed by atoms with van der Waals surface area (Å²) < 4.78 is 0. The Bertz CT molecular complexity index is 1350. The highest BCUT2D eigenvalue weighted by atomic mass is 35.5. The van der Waals surface area contributed by atoms with Gasteiger partial charge in [0.1, 0.15) is 0 Å². The van der Waals surface area contributed by atoms with E-state index in [1.165, 1.54) is 43.8 Å². The molecule has 0 saturated heterocycles. The molecule has 4 aromatic rings. The minimum Gasteiger partial charge on any atom is -0.265 e. The first-order valence-corrected chi connectivity index (χ1v) is 11.6. The first-order chi connectivity index (χ1) is 15.7. The van der Waals surface area contributed by atoms with E-state index in [1.807, 2.05) is 24.3 Å². The van der Waals surface area contributed by atoms with E-state index in [9.17, 15) is 0 Å². The smallest absolute Gasteiger partial charge is 0.0409 e. The average Bonchev–Trinajstić information content (AvgIpc) is 2.86. The van der Waals surface area contributed by atoms with Gasteiger partial charge in [-0.15, -0.1) is 0 Å². The van der Waals surface area contributed by atoms with E-state index in [1.54, 1.807) is 12.4 Å². The molecule has 0 saturated carbocycles. The van der Waals surface area contributed by atoms with E-state index in [-0.39, 0.29) is 0 Å². The van der Waals surface area contributed by atoms with Crippen LogP contribution in [0.2, 0.25) is 5.02 Å². The van der Waals surface area contributed by atoms with Crippen LogP contribution in [0.1, 0.15) is 41.0 Å². The summed E-state index contributed by atoms with van der Waals surface area (Å²) in [6.07, 6.45) is 11.7. The standard InChI is InChI=1S/C25H21Cl.C5H5N/c1-16-9-11-18(26)15-25(16)21-8-4-7-20-23-12-10-17-5-2-3-6-19(17)22(23)13-14-24(20)21;1-2-4-6-5-3-1/h2-3,5-7,9,11-15,21H,4,8,10H2,1H3;1-5H. The zero-order valence-electron chi connectivity index (χ0n) is 18.3. The number of aryl methyl sites for hydroxylation is 1. The second-order valence-electron chi connectivity index (χ2n) is 8.45. The molecule has 6 rings (SSSR count). The molecule has 0 spiro atoms. The van der Waals surface area contributed by atoms with Gasteiger partial charge in [0.05, 0.1) is 0 Å². The van der Waals surface area contributed by atoms with Gasteiger partial charge in [0.25, 0.3) is 0 Å². The summed E-state index contributed by atoms with van der Waals surface area (Å²) in [5.74, 6) is 0.435. The molecule has 0 N–H and O–H groups in total. The first-order valence-electron chi connectivity index (χ1n) is 11.2. The number of halogens is 1. The van der Waals surface area contributed by atoms with Gasteiger partial charge in [-0.25, -0.2) is 0 Å². The lowest BCUT2D eigenvalue weighted by molar-refractivity contribution is 0.714. The largest absolute Gasteiger partial charge is 0.265 e. The maximum absolute atomic E-state index is 6.32. The van der Waals surface area contributed by atoms with Gasteiger partial charge in [0, 0.05) is 23.3 Å². The van der Waals surface area contributed by atoms with Crippen molar-refractivity contribution in [2.24, 2.45) is 0 Å². The normalized spacial score (nSPS) is 15.6. The van der Waals surface area contributed by atoms with E-state index >= 15 is 0 Å². The number of benzene rings is 3. The van der Waals surface area contributed by atoms with Crippen LogP contribution in [0, 0.1) is 6.92 Å². The topological polar surface area (TPSA) is 12.9 Å². The molecule has 2 aliphatic rings. The molecule has 0 fully saturated rings. The van der Waals surface area contributed by atoms with E-state index in [0.717, 1.165) is 24.3 Å². The van der Waals surface area contributed by atoms with Crippen molar-refractivity contribution < 1.29 is 0 Å². The zero-order chi connectivity index (χ0) is 21.9. The fourth-order valence-corrected chi connectivity index (χ4v) is 5.17. The van der Waals surface area contributed by atoms with Crippen LogP contribution in [-0.4, -0.2) is 4.98 Å². The highest BCUT2D eigenvalue weighted by Crippen LogP contribution is 2.34. The quantitative estimate of drug-likeness (QED) is 0.335. The van der Waals surface area contributed by atoms with E-state index in [4.69, 9.17) is 11.6 Å². The van der Waals surface area contributed by atoms with Crippen molar-refractivity contribution in [2.45, 2.75) is 32.1 Å². The van der Waals surface area contributed by atoms with Gasteiger partial charge < -0.3 is 0 Å². The van der Waals surface area contributed by atoms with Gasteiger partial charge in [0.2, 0.25) is 0 Å². The molecule has 0 aliphatic heterocycles. The summed E-state index contributed by atoms with van der Waals surface area (Å²) in [5, 5.41) is 3.69. The summed E-state index contributed by atoms with van der Waals surface area (Å²) in [4.78, 5) is 3.78. The second kappa shape index (κ2) is 9.14. The Morgan fingerprint density at radius 3 is 2.41 bits per heavy atom. The van der Waals surface area contributed by atoms with Crippen LogP contribution in [-0.2, 0) is 6.42 Å². The van der Waals surface area contributed by atoms with E-state index < -0.39 is 0 Å². The third-order valence-corrected chi connectivity index (χ3v) is 6.75. The fraction of sp³-hybridized carbons (Fsp3) is 0.167. The molecule has 0 radical (unpaired) electrons. The fourth-order valence-electron chi connectivity index (χ4n) is 4.99. The molecule has 1 aromatic heterocycles. The van der Waals surface area contributed by atoms with Crippen LogP contribution in [0.15, 0.2) is 85.2 Å². The molecule has 158 valence electrons. The maximum Gasteiger partial charge on any atom is 0.0409 e. The van der Waals surface area contributed by atoms with Crippen molar-refractivity contribution in [1.29, 1.82) is 0 Å². The van der Waals surface area contributed by atoms with Crippen LogP contribution in [0.4, 0.5) is 0 Å². The Hall–Kier alpha value is -3.16. The molecule has 0 bridgehead atoms.